The average Bonchev–Trinajstić information content (AvgIpc) is 3.00. The molecule has 26 heavy (non-hydrogen) atoms. The molecule has 0 spiro atoms. The number of aryl methyl sites for hydroxylation is 2. The van der Waals surface area contributed by atoms with E-state index in [0.29, 0.717) is 18.0 Å². The largest absolute Gasteiger partial charge is 0.356 e. The highest BCUT2D eigenvalue weighted by atomic mass is 35.5. The third kappa shape index (κ3) is 4.60. The zero-order valence-corrected chi connectivity index (χ0v) is 14.7. The Kier molecular flexibility index (Phi) is 5.52. The second-order valence-electron chi connectivity index (χ2n) is 5.85. The van der Waals surface area contributed by atoms with Crippen molar-refractivity contribution in [1.82, 2.24) is 24.8 Å². The molecule has 0 bridgehead atoms. The molecule has 1 aromatic carbocycles. The maximum Gasteiger partial charge on any atom is 0.328 e. The number of aromatic amines is 2. The van der Waals surface area contributed by atoms with E-state index in [-0.39, 0.29) is 18.9 Å². The predicted octanol–water partition coefficient (Wildman–Crippen LogP) is 1.21. The second-order valence-corrected chi connectivity index (χ2v) is 6.29. The fourth-order valence-electron chi connectivity index (χ4n) is 2.57. The smallest absolute Gasteiger partial charge is 0.328 e. The lowest BCUT2D eigenvalue weighted by atomic mass is 10.3. The van der Waals surface area contributed by atoms with Crippen molar-refractivity contribution < 1.29 is 4.79 Å². The average molecular weight is 376 g/mol. The van der Waals surface area contributed by atoms with Gasteiger partial charge in [-0.2, -0.15) is 0 Å². The van der Waals surface area contributed by atoms with Crippen LogP contribution in [0.2, 0.25) is 5.02 Å². The van der Waals surface area contributed by atoms with Crippen LogP contribution < -0.4 is 16.6 Å². The standard InChI is InChI=1S/C17H18ClN5O3/c18-11-3-4-12-13(10-11)21-14(20-12)2-1-7-19-15(24)5-8-23-9-6-16(25)22-17(23)26/h3-4,6,9-10H,1-2,5,7-8H2,(H,19,24)(H,20,21)(H,22,25,26). The Morgan fingerprint density at radius 3 is 2.88 bits per heavy atom. The number of halogens is 1. The Labute approximate surface area is 153 Å². The first-order chi connectivity index (χ1) is 12.5. The summed E-state index contributed by atoms with van der Waals surface area (Å²) in [6.45, 7) is 0.725. The Hall–Kier alpha value is -2.87. The number of hydrogen-bond donors (Lipinski definition) is 3. The number of aromatic nitrogens is 4. The molecule has 0 saturated carbocycles. The van der Waals surface area contributed by atoms with Gasteiger partial charge in [-0.25, -0.2) is 9.78 Å². The second kappa shape index (κ2) is 8.01. The number of imidazole rings is 1. The quantitative estimate of drug-likeness (QED) is 0.538. The summed E-state index contributed by atoms with van der Waals surface area (Å²) in [4.78, 5) is 44.2. The minimum absolute atomic E-state index is 0.153. The number of H-pyrrole nitrogens is 2. The fraction of sp³-hybridized carbons (Fsp3) is 0.294. The lowest BCUT2D eigenvalue weighted by molar-refractivity contribution is -0.121. The Morgan fingerprint density at radius 1 is 1.23 bits per heavy atom. The third-order valence-electron chi connectivity index (χ3n) is 3.88. The summed E-state index contributed by atoms with van der Waals surface area (Å²) < 4.78 is 1.29. The number of nitrogens with one attached hydrogen (secondary N) is 3. The highest BCUT2D eigenvalue weighted by molar-refractivity contribution is 6.31. The zero-order valence-electron chi connectivity index (χ0n) is 13.9. The fourth-order valence-corrected chi connectivity index (χ4v) is 2.74. The van der Waals surface area contributed by atoms with Crippen LogP contribution >= 0.6 is 11.6 Å². The number of rotatable bonds is 7. The molecule has 0 fully saturated rings. The van der Waals surface area contributed by atoms with Gasteiger partial charge in [-0.1, -0.05) is 11.6 Å². The van der Waals surface area contributed by atoms with Crippen LogP contribution in [0, 0.1) is 0 Å². The monoisotopic (exact) mass is 375 g/mol. The Morgan fingerprint density at radius 2 is 2.08 bits per heavy atom. The number of benzene rings is 1. The number of amides is 1. The maximum atomic E-state index is 11.8. The molecule has 3 rings (SSSR count). The molecule has 0 aliphatic heterocycles. The highest BCUT2D eigenvalue weighted by Gasteiger charge is 2.05. The van der Waals surface area contributed by atoms with E-state index in [2.05, 4.69) is 20.3 Å². The van der Waals surface area contributed by atoms with E-state index in [9.17, 15) is 14.4 Å². The van der Waals surface area contributed by atoms with Crippen LogP contribution in [0.3, 0.4) is 0 Å². The first kappa shape index (κ1) is 17.9. The number of carbonyl (C=O) groups is 1. The topological polar surface area (TPSA) is 113 Å². The molecule has 3 N–H and O–H groups in total. The van der Waals surface area contributed by atoms with E-state index < -0.39 is 11.2 Å². The SMILES string of the molecule is O=C(CCn1ccc(=O)[nH]c1=O)NCCCc1nc2ccc(Cl)cc2[nH]1. The van der Waals surface area contributed by atoms with Gasteiger partial charge in [0.15, 0.2) is 0 Å². The van der Waals surface area contributed by atoms with Gasteiger partial charge in [0.1, 0.15) is 5.82 Å². The summed E-state index contributed by atoms with van der Waals surface area (Å²) >= 11 is 5.95. The van der Waals surface area contributed by atoms with Crippen LogP contribution in [-0.2, 0) is 17.8 Å². The maximum absolute atomic E-state index is 11.8. The molecule has 2 aromatic heterocycles. The van der Waals surface area contributed by atoms with Gasteiger partial charge in [0.05, 0.1) is 11.0 Å². The van der Waals surface area contributed by atoms with Crippen molar-refractivity contribution in [2.24, 2.45) is 0 Å². The lowest BCUT2D eigenvalue weighted by Crippen LogP contribution is -2.31. The summed E-state index contributed by atoms with van der Waals surface area (Å²) in [5.74, 6) is 0.691. The van der Waals surface area contributed by atoms with Gasteiger partial charge in [0.25, 0.3) is 5.56 Å². The van der Waals surface area contributed by atoms with Gasteiger partial charge in [-0.15, -0.1) is 0 Å². The summed E-state index contributed by atoms with van der Waals surface area (Å²) in [6.07, 6.45) is 2.97. The van der Waals surface area contributed by atoms with Crippen molar-refractivity contribution in [2.45, 2.75) is 25.8 Å². The Balaban J connectivity index is 1.41. The van der Waals surface area contributed by atoms with Crippen LogP contribution in [0.5, 0.6) is 0 Å². The number of nitrogens with zero attached hydrogens (tertiary/aromatic N) is 2. The normalized spacial score (nSPS) is 11.0. The molecule has 0 saturated heterocycles. The molecule has 0 atom stereocenters. The molecule has 0 aliphatic rings. The highest BCUT2D eigenvalue weighted by Crippen LogP contribution is 2.17. The van der Waals surface area contributed by atoms with Gasteiger partial charge in [0.2, 0.25) is 5.91 Å². The van der Waals surface area contributed by atoms with Crippen molar-refractivity contribution in [3.8, 4) is 0 Å². The molecule has 8 nitrogen and oxygen atoms in total. The van der Waals surface area contributed by atoms with Gasteiger partial charge in [-0.05, 0) is 24.6 Å². The lowest BCUT2D eigenvalue weighted by Gasteiger charge is -2.06. The van der Waals surface area contributed by atoms with E-state index in [1.807, 2.05) is 12.1 Å². The molecule has 0 radical (unpaired) electrons. The van der Waals surface area contributed by atoms with Gasteiger partial charge in [-0.3, -0.25) is 14.6 Å². The van der Waals surface area contributed by atoms with Gasteiger partial charge in [0, 0.05) is 43.2 Å². The van der Waals surface area contributed by atoms with Crippen molar-refractivity contribution >= 4 is 28.5 Å². The van der Waals surface area contributed by atoms with E-state index in [1.54, 1.807) is 6.07 Å². The van der Waals surface area contributed by atoms with Gasteiger partial charge >= 0.3 is 5.69 Å². The third-order valence-corrected chi connectivity index (χ3v) is 4.12. The summed E-state index contributed by atoms with van der Waals surface area (Å²) in [5, 5.41) is 3.46. The number of hydrogen-bond acceptors (Lipinski definition) is 4. The molecule has 0 aliphatic carbocycles. The summed E-state index contributed by atoms with van der Waals surface area (Å²) in [5.41, 5.74) is 0.779. The van der Waals surface area contributed by atoms with E-state index >= 15 is 0 Å². The zero-order chi connectivity index (χ0) is 18.5. The minimum Gasteiger partial charge on any atom is -0.356 e. The van der Waals surface area contributed by atoms with Crippen LogP contribution in [0.4, 0.5) is 0 Å². The van der Waals surface area contributed by atoms with E-state index in [4.69, 9.17) is 11.6 Å². The summed E-state index contributed by atoms with van der Waals surface area (Å²) in [6, 6.07) is 6.73. The van der Waals surface area contributed by atoms with Crippen molar-refractivity contribution in [2.75, 3.05) is 6.54 Å². The molecular weight excluding hydrogens is 358 g/mol. The predicted molar refractivity (Wildman–Crippen MR) is 98.4 cm³/mol. The molecule has 2 heterocycles. The number of carbonyl (C=O) groups excluding carboxylic acids is 1. The van der Waals surface area contributed by atoms with Crippen LogP contribution in [0.25, 0.3) is 11.0 Å². The van der Waals surface area contributed by atoms with E-state index in [0.717, 1.165) is 23.3 Å². The molecule has 1 amide bonds. The van der Waals surface area contributed by atoms with Crippen molar-refractivity contribution in [3.05, 3.63) is 62.1 Å². The van der Waals surface area contributed by atoms with Crippen LogP contribution in [0.1, 0.15) is 18.7 Å². The van der Waals surface area contributed by atoms with Crippen LogP contribution in [0.15, 0.2) is 40.1 Å². The molecule has 0 unspecified atom stereocenters. The van der Waals surface area contributed by atoms with Crippen LogP contribution in [-0.4, -0.2) is 32.0 Å². The first-order valence-corrected chi connectivity index (χ1v) is 8.60. The molecular formula is C17H18ClN5O3. The minimum atomic E-state index is -0.518. The van der Waals surface area contributed by atoms with Crippen molar-refractivity contribution in [1.29, 1.82) is 0 Å². The van der Waals surface area contributed by atoms with E-state index in [1.165, 1.54) is 16.8 Å². The molecule has 136 valence electrons. The van der Waals surface area contributed by atoms with Crippen molar-refractivity contribution in [3.63, 3.8) is 0 Å². The number of fused-ring (bicyclic) bond motifs is 1. The Bertz CT molecular complexity index is 1040. The summed E-state index contributed by atoms with van der Waals surface area (Å²) in [7, 11) is 0. The van der Waals surface area contributed by atoms with Gasteiger partial charge < -0.3 is 14.9 Å². The molecule has 3 aromatic rings. The molecule has 9 heteroatoms. The first-order valence-electron chi connectivity index (χ1n) is 8.22.